The average Bonchev–Trinajstić information content (AvgIpc) is 2.82. The molecular formula is C23H22N6O2. The summed E-state index contributed by atoms with van der Waals surface area (Å²) in [7, 11) is 1.65. The Kier molecular flexibility index (Phi) is 5.52. The normalized spacial score (nSPS) is 14.1. The molecule has 156 valence electrons. The van der Waals surface area contributed by atoms with Gasteiger partial charge in [-0.3, -0.25) is 9.79 Å². The Bertz CT molecular complexity index is 1330. The van der Waals surface area contributed by atoms with Crippen molar-refractivity contribution in [2.75, 3.05) is 13.7 Å². The fourth-order valence-corrected chi connectivity index (χ4v) is 3.97. The van der Waals surface area contributed by atoms with Crippen LogP contribution in [0.2, 0.25) is 0 Å². The zero-order valence-electron chi connectivity index (χ0n) is 17.1. The third kappa shape index (κ3) is 3.45. The first-order valence-corrected chi connectivity index (χ1v) is 9.92. The second-order valence-corrected chi connectivity index (χ2v) is 7.16. The summed E-state index contributed by atoms with van der Waals surface area (Å²) in [6, 6.07) is 11.5. The van der Waals surface area contributed by atoms with Crippen LogP contribution in [0.4, 0.5) is 0 Å². The van der Waals surface area contributed by atoms with Gasteiger partial charge in [-0.1, -0.05) is 18.2 Å². The number of aromatic amines is 1. The summed E-state index contributed by atoms with van der Waals surface area (Å²) in [6.07, 6.45) is 3.25. The second-order valence-electron chi connectivity index (χ2n) is 7.16. The number of aromatic nitrogens is 2. The molecule has 0 saturated heterocycles. The van der Waals surface area contributed by atoms with Gasteiger partial charge in [-0.25, -0.2) is 5.10 Å². The fraction of sp³-hybridized carbons (Fsp3) is 0.217. The monoisotopic (exact) mass is 414 g/mol. The third-order valence-corrected chi connectivity index (χ3v) is 5.46. The van der Waals surface area contributed by atoms with Gasteiger partial charge in [0.25, 0.3) is 5.56 Å². The molecule has 0 unspecified atom stereocenters. The predicted molar refractivity (Wildman–Crippen MR) is 120 cm³/mol. The first kappa shape index (κ1) is 20.3. The van der Waals surface area contributed by atoms with Gasteiger partial charge in [-0.2, -0.15) is 10.4 Å². The number of aryl methyl sites for hydroxylation is 1. The van der Waals surface area contributed by atoms with Crippen molar-refractivity contribution in [3.05, 3.63) is 74.8 Å². The highest BCUT2D eigenvalue weighted by molar-refractivity contribution is 6.32. The summed E-state index contributed by atoms with van der Waals surface area (Å²) in [5.74, 6) is 0.614. The summed E-state index contributed by atoms with van der Waals surface area (Å²) < 4.78 is 5.81. The Morgan fingerprint density at radius 2 is 2.19 bits per heavy atom. The highest BCUT2D eigenvalue weighted by Gasteiger charge is 2.23. The van der Waals surface area contributed by atoms with Gasteiger partial charge in [-0.15, -0.1) is 0 Å². The van der Waals surface area contributed by atoms with Gasteiger partial charge < -0.3 is 16.2 Å². The van der Waals surface area contributed by atoms with Gasteiger partial charge in [0.15, 0.2) is 0 Å². The van der Waals surface area contributed by atoms with Crippen LogP contribution in [0.3, 0.4) is 0 Å². The van der Waals surface area contributed by atoms with E-state index in [1.54, 1.807) is 19.2 Å². The number of H-pyrrole nitrogens is 1. The van der Waals surface area contributed by atoms with E-state index in [1.165, 1.54) is 6.20 Å². The topological polar surface area (TPSA) is 143 Å². The van der Waals surface area contributed by atoms with Gasteiger partial charge in [0.2, 0.25) is 0 Å². The SMILES string of the molecule is CN=C(C(=CN)c1ccc2c(=O)[nH]nc(CN)c2c1)c1ccc2c(c1C#N)OCCC2. The molecule has 2 heterocycles. The number of hydrogen-bond acceptors (Lipinski definition) is 7. The van der Waals surface area contributed by atoms with Crippen molar-refractivity contribution < 1.29 is 4.74 Å². The lowest BCUT2D eigenvalue weighted by atomic mass is 9.90. The number of rotatable bonds is 4. The molecule has 0 fully saturated rings. The van der Waals surface area contributed by atoms with Crippen molar-refractivity contribution in [2.24, 2.45) is 16.5 Å². The van der Waals surface area contributed by atoms with Crippen LogP contribution in [-0.4, -0.2) is 29.6 Å². The van der Waals surface area contributed by atoms with Crippen LogP contribution in [0.1, 0.15) is 34.4 Å². The summed E-state index contributed by atoms with van der Waals surface area (Å²) in [5, 5.41) is 17.5. The Labute approximate surface area is 178 Å². The van der Waals surface area contributed by atoms with Crippen LogP contribution in [0.15, 0.2) is 46.3 Å². The molecular weight excluding hydrogens is 392 g/mol. The van der Waals surface area contributed by atoms with Gasteiger partial charge in [0.1, 0.15) is 17.4 Å². The number of aliphatic imine (C=N–C) groups is 1. The van der Waals surface area contributed by atoms with Crippen LogP contribution in [0.5, 0.6) is 5.75 Å². The van der Waals surface area contributed by atoms with Crippen molar-refractivity contribution in [1.29, 1.82) is 5.26 Å². The van der Waals surface area contributed by atoms with E-state index in [-0.39, 0.29) is 12.1 Å². The minimum absolute atomic E-state index is 0.174. The first-order chi connectivity index (χ1) is 15.1. The largest absolute Gasteiger partial charge is 0.492 e. The average molecular weight is 414 g/mol. The molecule has 3 aromatic rings. The van der Waals surface area contributed by atoms with Crippen LogP contribution in [0.25, 0.3) is 16.3 Å². The van der Waals surface area contributed by atoms with E-state index in [9.17, 15) is 10.1 Å². The van der Waals surface area contributed by atoms with Crippen molar-refractivity contribution in [2.45, 2.75) is 19.4 Å². The molecule has 8 nitrogen and oxygen atoms in total. The lowest BCUT2D eigenvalue weighted by Crippen LogP contribution is -2.15. The number of nitrogens with one attached hydrogen (secondary N) is 1. The number of nitrogens with two attached hydrogens (primary N) is 2. The molecule has 0 atom stereocenters. The highest BCUT2D eigenvalue weighted by Crippen LogP contribution is 2.34. The van der Waals surface area contributed by atoms with E-state index in [2.05, 4.69) is 21.3 Å². The number of nitriles is 1. The summed E-state index contributed by atoms with van der Waals surface area (Å²) in [4.78, 5) is 16.6. The third-order valence-electron chi connectivity index (χ3n) is 5.46. The maximum Gasteiger partial charge on any atom is 0.272 e. The van der Waals surface area contributed by atoms with Gasteiger partial charge in [0.05, 0.1) is 23.4 Å². The lowest BCUT2D eigenvalue weighted by molar-refractivity contribution is 0.287. The van der Waals surface area contributed by atoms with Crippen LogP contribution >= 0.6 is 0 Å². The molecule has 0 amide bonds. The molecule has 0 saturated carbocycles. The lowest BCUT2D eigenvalue weighted by Gasteiger charge is -2.21. The van der Waals surface area contributed by atoms with Crippen molar-refractivity contribution in [1.82, 2.24) is 10.2 Å². The molecule has 5 N–H and O–H groups in total. The minimum atomic E-state index is -0.292. The molecule has 4 rings (SSSR count). The summed E-state index contributed by atoms with van der Waals surface area (Å²) >= 11 is 0. The Balaban J connectivity index is 1.88. The van der Waals surface area contributed by atoms with Crippen molar-refractivity contribution in [3.8, 4) is 11.8 Å². The Hall–Kier alpha value is -3.96. The number of fused-ring (bicyclic) bond motifs is 2. The zero-order chi connectivity index (χ0) is 22.0. The predicted octanol–water partition coefficient (Wildman–Crippen LogP) is 2.00. The standard InChI is InChI=1S/C23H22N6O2/c1-27-21(15-6-4-13-3-2-8-31-22(13)19(15)11-25)18(10-24)14-5-7-16-17(9-14)20(12-26)28-29-23(16)30/h4-7,9-10H,2-3,8,12,24,26H2,1H3,(H,29,30). The first-order valence-electron chi connectivity index (χ1n) is 9.92. The molecule has 0 bridgehead atoms. The molecule has 2 aromatic carbocycles. The molecule has 0 aliphatic carbocycles. The summed E-state index contributed by atoms with van der Waals surface area (Å²) in [6.45, 7) is 0.755. The number of hydrogen-bond donors (Lipinski definition) is 3. The molecule has 8 heteroatoms. The molecule has 1 aliphatic heterocycles. The molecule has 0 radical (unpaired) electrons. The van der Waals surface area contributed by atoms with Gasteiger partial charge in [-0.05, 0) is 36.1 Å². The van der Waals surface area contributed by atoms with Crippen molar-refractivity contribution >= 4 is 22.1 Å². The maximum absolute atomic E-state index is 12.2. The zero-order valence-corrected chi connectivity index (χ0v) is 17.1. The van der Waals surface area contributed by atoms with E-state index >= 15 is 0 Å². The van der Waals surface area contributed by atoms with E-state index in [0.29, 0.717) is 51.2 Å². The number of allylic oxidation sites excluding steroid dienone is 1. The highest BCUT2D eigenvalue weighted by atomic mass is 16.5. The molecule has 31 heavy (non-hydrogen) atoms. The van der Waals surface area contributed by atoms with Crippen LogP contribution in [0, 0.1) is 11.3 Å². The van der Waals surface area contributed by atoms with Crippen LogP contribution < -0.4 is 21.8 Å². The number of nitrogens with zero attached hydrogens (tertiary/aromatic N) is 3. The quantitative estimate of drug-likeness (QED) is 0.557. The van der Waals surface area contributed by atoms with Gasteiger partial charge >= 0.3 is 0 Å². The van der Waals surface area contributed by atoms with E-state index in [4.69, 9.17) is 16.2 Å². The van der Waals surface area contributed by atoms with Gasteiger partial charge in [0, 0.05) is 36.3 Å². The second kappa shape index (κ2) is 8.42. The van der Waals surface area contributed by atoms with E-state index in [0.717, 1.165) is 24.0 Å². The molecule has 1 aliphatic rings. The summed E-state index contributed by atoms with van der Waals surface area (Å²) in [5.41, 5.74) is 16.1. The molecule has 0 spiro atoms. The minimum Gasteiger partial charge on any atom is -0.492 e. The number of ether oxygens (including phenoxy) is 1. The number of benzene rings is 2. The Morgan fingerprint density at radius 1 is 1.35 bits per heavy atom. The maximum atomic E-state index is 12.2. The van der Waals surface area contributed by atoms with E-state index in [1.807, 2.05) is 18.2 Å². The van der Waals surface area contributed by atoms with Crippen LogP contribution in [-0.2, 0) is 13.0 Å². The molecule has 1 aromatic heterocycles. The fourth-order valence-electron chi connectivity index (χ4n) is 3.97. The smallest absolute Gasteiger partial charge is 0.272 e. The van der Waals surface area contributed by atoms with Crippen molar-refractivity contribution in [3.63, 3.8) is 0 Å². The van der Waals surface area contributed by atoms with E-state index < -0.39 is 0 Å². The Morgan fingerprint density at radius 3 is 2.90 bits per heavy atom.